The lowest BCUT2D eigenvalue weighted by atomic mass is 10.1. The van der Waals surface area contributed by atoms with Gasteiger partial charge < -0.3 is 15.4 Å². The maximum absolute atomic E-state index is 12.4. The molecule has 4 heteroatoms. The first kappa shape index (κ1) is 15.6. The van der Waals surface area contributed by atoms with Crippen LogP contribution < -0.4 is 5.73 Å². The largest absolute Gasteiger partial charge is 0.365 e. The highest BCUT2D eigenvalue weighted by molar-refractivity contribution is 5.81. The molecule has 2 rings (SSSR count). The molecule has 2 atom stereocenters. The fraction of sp³-hybridized carbons (Fsp3) is 0.471. The summed E-state index contributed by atoms with van der Waals surface area (Å²) in [6.45, 7) is 2.87. The number of ether oxygens (including phenoxy) is 1. The lowest BCUT2D eigenvalue weighted by Crippen LogP contribution is -2.36. The van der Waals surface area contributed by atoms with E-state index in [0.29, 0.717) is 13.1 Å². The van der Waals surface area contributed by atoms with Gasteiger partial charge in [0.2, 0.25) is 0 Å². The van der Waals surface area contributed by atoms with Crippen molar-refractivity contribution in [1.82, 2.24) is 4.90 Å². The Bertz CT molecular complexity index is 559. The van der Waals surface area contributed by atoms with Gasteiger partial charge in [-0.1, -0.05) is 30.0 Å². The Hall–Kier alpha value is -1.83. The molecule has 21 heavy (non-hydrogen) atoms. The molecule has 1 fully saturated rings. The van der Waals surface area contributed by atoms with E-state index in [9.17, 15) is 4.79 Å². The Kier molecular flexibility index (Phi) is 5.38. The van der Waals surface area contributed by atoms with Crippen LogP contribution in [0.15, 0.2) is 24.3 Å². The van der Waals surface area contributed by atoms with E-state index < -0.39 is 0 Å². The summed E-state index contributed by atoms with van der Waals surface area (Å²) < 4.78 is 5.64. The standard InChI is InChI=1S/C17H22N2O2/c1-13-9-10-16(21-13)17(20)19(2)12-15-7-4-3-6-14(15)8-5-11-18/h3-4,6-7,13,16H,9-12,18H2,1-2H3. The maximum Gasteiger partial charge on any atom is 0.251 e. The normalized spacial score (nSPS) is 20.7. The van der Waals surface area contributed by atoms with Gasteiger partial charge in [0, 0.05) is 19.2 Å². The minimum Gasteiger partial charge on any atom is -0.365 e. The molecule has 1 heterocycles. The summed E-state index contributed by atoms with van der Waals surface area (Å²) in [4.78, 5) is 14.1. The molecule has 2 unspecified atom stereocenters. The number of carbonyl (C=O) groups excluding carboxylic acids is 1. The molecular formula is C17H22N2O2. The van der Waals surface area contributed by atoms with E-state index >= 15 is 0 Å². The highest BCUT2D eigenvalue weighted by Gasteiger charge is 2.30. The van der Waals surface area contributed by atoms with Crippen LogP contribution in [-0.4, -0.2) is 36.6 Å². The first-order chi connectivity index (χ1) is 10.1. The third kappa shape index (κ3) is 4.07. The van der Waals surface area contributed by atoms with E-state index in [1.807, 2.05) is 38.2 Å². The second kappa shape index (κ2) is 7.26. The lowest BCUT2D eigenvalue weighted by Gasteiger charge is -2.21. The number of benzene rings is 1. The Balaban J connectivity index is 2.05. The predicted molar refractivity (Wildman–Crippen MR) is 82.4 cm³/mol. The van der Waals surface area contributed by atoms with E-state index in [1.165, 1.54) is 0 Å². The van der Waals surface area contributed by atoms with E-state index in [4.69, 9.17) is 10.5 Å². The lowest BCUT2D eigenvalue weighted by molar-refractivity contribution is -0.141. The van der Waals surface area contributed by atoms with Gasteiger partial charge in [0.1, 0.15) is 6.10 Å². The van der Waals surface area contributed by atoms with Gasteiger partial charge in [-0.05, 0) is 31.4 Å². The quantitative estimate of drug-likeness (QED) is 0.857. The van der Waals surface area contributed by atoms with E-state index in [0.717, 1.165) is 24.0 Å². The van der Waals surface area contributed by atoms with E-state index in [1.54, 1.807) is 4.90 Å². The first-order valence-corrected chi connectivity index (χ1v) is 7.29. The molecule has 0 spiro atoms. The molecular weight excluding hydrogens is 264 g/mol. The number of hydrogen-bond donors (Lipinski definition) is 1. The van der Waals surface area contributed by atoms with Crippen molar-refractivity contribution in [2.45, 2.75) is 38.5 Å². The highest BCUT2D eigenvalue weighted by Crippen LogP contribution is 2.21. The Labute approximate surface area is 126 Å². The average molecular weight is 286 g/mol. The molecule has 0 aliphatic carbocycles. The molecule has 1 aromatic rings. The minimum atomic E-state index is -0.299. The number of hydrogen-bond acceptors (Lipinski definition) is 3. The van der Waals surface area contributed by atoms with Crippen LogP contribution in [0, 0.1) is 11.8 Å². The monoisotopic (exact) mass is 286 g/mol. The van der Waals surface area contributed by atoms with E-state index in [2.05, 4.69) is 11.8 Å². The molecule has 0 bridgehead atoms. The fourth-order valence-corrected chi connectivity index (χ4v) is 2.49. The zero-order valence-electron chi connectivity index (χ0n) is 12.6. The SMILES string of the molecule is CC1CCC(C(=O)N(C)Cc2ccccc2C#CCN)O1. The minimum absolute atomic E-state index is 0.0425. The van der Waals surface area contributed by atoms with Crippen LogP contribution in [0.3, 0.4) is 0 Å². The van der Waals surface area contributed by atoms with Gasteiger partial charge in [-0.2, -0.15) is 0 Å². The van der Waals surface area contributed by atoms with Gasteiger partial charge in [-0.25, -0.2) is 0 Å². The smallest absolute Gasteiger partial charge is 0.251 e. The van der Waals surface area contributed by atoms with Crippen molar-refractivity contribution in [3.8, 4) is 11.8 Å². The van der Waals surface area contributed by atoms with Crippen molar-refractivity contribution in [3.05, 3.63) is 35.4 Å². The first-order valence-electron chi connectivity index (χ1n) is 7.29. The van der Waals surface area contributed by atoms with Crippen LogP contribution in [0.5, 0.6) is 0 Å². The summed E-state index contributed by atoms with van der Waals surface area (Å²) in [7, 11) is 1.81. The zero-order chi connectivity index (χ0) is 15.2. The van der Waals surface area contributed by atoms with Crippen molar-refractivity contribution >= 4 is 5.91 Å². The summed E-state index contributed by atoms with van der Waals surface area (Å²) in [5, 5.41) is 0. The molecule has 0 radical (unpaired) electrons. The molecule has 0 aromatic heterocycles. The maximum atomic E-state index is 12.4. The Morgan fingerprint density at radius 3 is 2.86 bits per heavy atom. The van der Waals surface area contributed by atoms with Gasteiger partial charge in [0.05, 0.1) is 12.6 Å². The number of rotatable bonds is 3. The Morgan fingerprint density at radius 1 is 1.43 bits per heavy atom. The van der Waals surface area contributed by atoms with Crippen molar-refractivity contribution in [2.24, 2.45) is 5.73 Å². The number of likely N-dealkylation sites (N-methyl/N-ethyl adjacent to an activating group) is 1. The molecule has 0 saturated carbocycles. The molecule has 112 valence electrons. The second-order valence-corrected chi connectivity index (χ2v) is 5.37. The third-order valence-corrected chi connectivity index (χ3v) is 3.63. The van der Waals surface area contributed by atoms with Gasteiger partial charge >= 0.3 is 0 Å². The summed E-state index contributed by atoms with van der Waals surface area (Å²) in [5.41, 5.74) is 7.36. The van der Waals surface area contributed by atoms with Crippen LogP contribution in [0.2, 0.25) is 0 Å². The summed E-state index contributed by atoms with van der Waals surface area (Å²) in [6, 6.07) is 7.83. The van der Waals surface area contributed by atoms with Gasteiger partial charge in [0.25, 0.3) is 5.91 Å². The van der Waals surface area contributed by atoms with Crippen molar-refractivity contribution < 1.29 is 9.53 Å². The average Bonchev–Trinajstić information content (AvgIpc) is 2.92. The summed E-state index contributed by atoms with van der Waals surface area (Å²) in [5.74, 6) is 5.95. The number of amides is 1. The van der Waals surface area contributed by atoms with Crippen LogP contribution >= 0.6 is 0 Å². The number of carbonyl (C=O) groups is 1. The second-order valence-electron chi connectivity index (χ2n) is 5.37. The summed E-state index contributed by atoms with van der Waals surface area (Å²) >= 11 is 0. The fourth-order valence-electron chi connectivity index (χ4n) is 2.49. The molecule has 1 amide bonds. The van der Waals surface area contributed by atoms with Crippen molar-refractivity contribution in [1.29, 1.82) is 0 Å². The molecule has 1 aromatic carbocycles. The molecule has 2 N–H and O–H groups in total. The topological polar surface area (TPSA) is 55.6 Å². The Morgan fingerprint density at radius 2 is 2.19 bits per heavy atom. The van der Waals surface area contributed by atoms with Gasteiger partial charge in [-0.3, -0.25) is 4.79 Å². The third-order valence-electron chi connectivity index (χ3n) is 3.63. The van der Waals surface area contributed by atoms with Crippen LogP contribution in [-0.2, 0) is 16.1 Å². The number of nitrogens with two attached hydrogens (primary N) is 1. The van der Waals surface area contributed by atoms with Crippen LogP contribution in [0.1, 0.15) is 30.9 Å². The highest BCUT2D eigenvalue weighted by atomic mass is 16.5. The van der Waals surface area contributed by atoms with Crippen LogP contribution in [0.25, 0.3) is 0 Å². The summed E-state index contributed by atoms with van der Waals surface area (Å²) in [6.07, 6.45) is 1.63. The van der Waals surface area contributed by atoms with Crippen LogP contribution in [0.4, 0.5) is 0 Å². The van der Waals surface area contributed by atoms with Gasteiger partial charge in [-0.15, -0.1) is 0 Å². The molecule has 1 aliphatic rings. The van der Waals surface area contributed by atoms with Crippen molar-refractivity contribution in [3.63, 3.8) is 0 Å². The van der Waals surface area contributed by atoms with Gasteiger partial charge in [0.15, 0.2) is 0 Å². The predicted octanol–water partition coefficient (Wildman–Crippen LogP) is 1.52. The molecule has 1 aliphatic heterocycles. The molecule has 4 nitrogen and oxygen atoms in total. The molecule has 1 saturated heterocycles. The zero-order valence-corrected chi connectivity index (χ0v) is 12.6. The number of nitrogens with zero attached hydrogens (tertiary/aromatic N) is 1. The van der Waals surface area contributed by atoms with E-state index in [-0.39, 0.29) is 18.1 Å². The van der Waals surface area contributed by atoms with Crippen molar-refractivity contribution in [2.75, 3.05) is 13.6 Å².